The predicted molar refractivity (Wildman–Crippen MR) is 113 cm³/mol. The first-order valence-corrected chi connectivity index (χ1v) is 12.1. The Morgan fingerprint density at radius 2 is 1.59 bits per heavy atom. The molecule has 29 heavy (non-hydrogen) atoms. The first-order valence-electron chi connectivity index (χ1n) is 10.5. The van der Waals surface area contributed by atoms with Crippen LogP contribution in [0.5, 0.6) is 0 Å². The SMILES string of the molecule is O=S(=O)(Cc1ccccc1)N1CC2(C1)[C@@H](c1ccccc1)[C@H](CO)N2CC1CC1. The predicted octanol–water partition coefficient (Wildman–Crippen LogP) is 2.44. The molecule has 5 rings (SSSR count). The summed E-state index contributed by atoms with van der Waals surface area (Å²) in [6, 6.07) is 19.8. The quantitative estimate of drug-likeness (QED) is 0.759. The first-order chi connectivity index (χ1) is 14.0. The van der Waals surface area contributed by atoms with E-state index in [9.17, 15) is 13.5 Å². The lowest BCUT2D eigenvalue weighted by Gasteiger charge is -2.70. The largest absolute Gasteiger partial charge is 0.395 e. The van der Waals surface area contributed by atoms with E-state index < -0.39 is 10.0 Å². The van der Waals surface area contributed by atoms with E-state index in [-0.39, 0.29) is 29.9 Å². The van der Waals surface area contributed by atoms with Crippen LogP contribution < -0.4 is 0 Å². The van der Waals surface area contributed by atoms with Gasteiger partial charge >= 0.3 is 0 Å². The average molecular weight is 413 g/mol. The Morgan fingerprint density at radius 3 is 2.17 bits per heavy atom. The molecule has 1 aliphatic carbocycles. The minimum atomic E-state index is -3.35. The number of hydrogen-bond donors (Lipinski definition) is 1. The molecule has 2 aromatic rings. The number of sulfonamides is 1. The van der Waals surface area contributed by atoms with Gasteiger partial charge in [0.05, 0.1) is 17.9 Å². The van der Waals surface area contributed by atoms with Crippen molar-refractivity contribution in [1.82, 2.24) is 9.21 Å². The molecular formula is C23H28N2O3S. The summed E-state index contributed by atoms with van der Waals surface area (Å²) in [5.74, 6) is 0.926. The highest BCUT2D eigenvalue weighted by molar-refractivity contribution is 7.88. The van der Waals surface area contributed by atoms with Gasteiger partial charge in [-0.15, -0.1) is 0 Å². The van der Waals surface area contributed by atoms with Crippen LogP contribution in [0.25, 0.3) is 0 Å². The van der Waals surface area contributed by atoms with Crippen molar-refractivity contribution in [2.45, 2.75) is 36.1 Å². The normalized spacial score (nSPS) is 26.8. The van der Waals surface area contributed by atoms with Crippen LogP contribution in [0.2, 0.25) is 0 Å². The highest BCUT2D eigenvalue weighted by atomic mass is 32.2. The Bertz CT molecular complexity index is 954. The van der Waals surface area contributed by atoms with E-state index in [0.717, 1.165) is 12.1 Å². The van der Waals surface area contributed by atoms with Gasteiger partial charge in [0, 0.05) is 31.6 Å². The van der Waals surface area contributed by atoms with Crippen molar-refractivity contribution in [3.05, 3.63) is 71.8 Å². The van der Waals surface area contributed by atoms with Crippen LogP contribution in [-0.2, 0) is 15.8 Å². The zero-order valence-corrected chi connectivity index (χ0v) is 17.3. The average Bonchev–Trinajstić information content (AvgIpc) is 3.49. The Morgan fingerprint density at radius 1 is 0.966 bits per heavy atom. The second-order valence-corrected chi connectivity index (χ2v) is 10.8. The summed E-state index contributed by atoms with van der Waals surface area (Å²) in [4.78, 5) is 2.41. The molecule has 2 atom stereocenters. The third-order valence-electron chi connectivity index (χ3n) is 6.92. The van der Waals surface area contributed by atoms with Crippen molar-refractivity contribution >= 4 is 10.0 Å². The highest BCUT2D eigenvalue weighted by Crippen LogP contribution is 2.55. The van der Waals surface area contributed by atoms with Crippen LogP contribution in [0.4, 0.5) is 0 Å². The maximum atomic E-state index is 13.0. The summed E-state index contributed by atoms with van der Waals surface area (Å²) >= 11 is 0. The van der Waals surface area contributed by atoms with Crippen molar-refractivity contribution in [3.8, 4) is 0 Å². The fourth-order valence-corrected chi connectivity index (χ4v) is 6.91. The first kappa shape index (κ1) is 19.2. The lowest BCUT2D eigenvalue weighted by Crippen LogP contribution is -2.85. The maximum absolute atomic E-state index is 13.0. The Balaban J connectivity index is 1.38. The summed E-state index contributed by atoms with van der Waals surface area (Å²) in [5.41, 5.74) is 1.85. The van der Waals surface area contributed by atoms with Gasteiger partial charge in [-0.05, 0) is 29.9 Å². The van der Waals surface area contributed by atoms with E-state index in [0.29, 0.717) is 19.0 Å². The summed E-state index contributed by atoms with van der Waals surface area (Å²) in [5, 5.41) is 10.1. The molecule has 0 bridgehead atoms. The van der Waals surface area contributed by atoms with Gasteiger partial charge in [-0.25, -0.2) is 8.42 Å². The molecule has 5 nitrogen and oxygen atoms in total. The minimum Gasteiger partial charge on any atom is -0.395 e. The van der Waals surface area contributed by atoms with E-state index in [2.05, 4.69) is 17.0 Å². The van der Waals surface area contributed by atoms with Gasteiger partial charge in [-0.1, -0.05) is 60.7 Å². The van der Waals surface area contributed by atoms with Gasteiger partial charge in [-0.2, -0.15) is 4.31 Å². The van der Waals surface area contributed by atoms with Crippen molar-refractivity contribution in [3.63, 3.8) is 0 Å². The molecule has 2 aromatic carbocycles. The van der Waals surface area contributed by atoms with Gasteiger partial charge in [0.2, 0.25) is 10.0 Å². The second kappa shape index (κ2) is 7.20. The molecule has 3 fully saturated rings. The maximum Gasteiger partial charge on any atom is 0.218 e. The van der Waals surface area contributed by atoms with Crippen molar-refractivity contribution in [1.29, 1.82) is 0 Å². The number of hydrogen-bond acceptors (Lipinski definition) is 4. The molecule has 0 radical (unpaired) electrons. The number of aliphatic hydroxyl groups excluding tert-OH is 1. The van der Waals surface area contributed by atoms with Gasteiger partial charge < -0.3 is 5.11 Å². The Hall–Kier alpha value is -1.73. The van der Waals surface area contributed by atoms with Gasteiger partial charge in [-0.3, -0.25) is 4.90 Å². The number of rotatable bonds is 7. The minimum absolute atomic E-state index is 0.0476. The molecular weight excluding hydrogens is 384 g/mol. The zero-order chi connectivity index (χ0) is 20.1. The molecule has 0 unspecified atom stereocenters. The fourth-order valence-electron chi connectivity index (χ4n) is 5.27. The molecule has 2 heterocycles. The van der Waals surface area contributed by atoms with E-state index in [1.807, 2.05) is 48.5 Å². The topological polar surface area (TPSA) is 60.9 Å². The van der Waals surface area contributed by atoms with Crippen LogP contribution in [0.15, 0.2) is 60.7 Å². The number of aliphatic hydroxyl groups is 1. The van der Waals surface area contributed by atoms with E-state index >= 15 is 0 Å². The molecule has 2 saturated heterocycles. The molecule has 1 spiro atoms. The number of likely N-dealkylation sites (tertiary alicyclic amines) is 1. The van der Waals surface area contributed by atoms with Gasteiger partial charge in [0.1, 0.15) is 0 Å². The Kier molecular flexibility index (Phi) is 4.78. The summed E-state index contributed by atoms with van der Waals surface area (Å²) in [7, 11) is -3.35. The number of benzene rings is 2. The third-order valence-corrected chi connectivity index (χ3v) is 8.66. The molecule has 1 N–H and O–H groups in total. The van der Waals surface area contributed by atoms with E-state index in [4.69, 9.17) is 0 Å². The summed E-state index contributed by atoms with van der Waals surface area (Å²) in [6.07, 6.45) is 2.49. The molecule has 1 saturated carbocycles. The molecule has 3 aliphatic rings. The van der Waals surface area contributed by atoms with Gasteiger partial charge in [0.15, 0.2) is 0 Å². The monoisotopic (exact) mass is 412 g/mol. The van der Waals surface area contributed by atoms with Crippen molar-refractivity contribution < 1.29 is 13.5 Å². The second-order valence-electron chi connectivity index (χ2n) is 8.85. The van der Waals surface area contributed by atoms with Crippen molar-refractivity contribution in [2.75, 3.05) is 26.2 Å². The highest BCUT2D eigenvalue weighted by Gasteiger charge is 2.67. The van der Waals surface area contributed by atoms with E-state index in [1.54, 1.807) is 4.31 Å². The van der Waals surface area contributed by atoms with Crippen molar-refractivity contribution in [2.24, 2.45) is 5.92 Å². The smallest absolute Gasteiger partial charge is 0.218 e. The lowest BCUT2D eigenvalue weighted by atomic mass is 9.61. The van der Waals surface area contributed by atoms with Crippen LogP contribution >= 0.6 is 0 Å². The fraction of sp³-hybridized carbons (Fsp3) is 0.478. The van der Waals surface area contributed by atoms with Crippen LogP contribution in [-0.4, -0.2) is 60.6 Å². The molecule has 154 valence electrons. The third kappa shape index (κ3) is 3.32. The molecule has 6 heteroatoms. The number of nitrogens with zero attached hydrogens (tertiary/aromatic N) is 2. The molecule has 0 amide bonds. The summed E-state index contributed by atoms with van der Waals surface area (Å²) < 4.78 is 27.6. The molecule has 0 aromatic heterocycles. The van der Waals surface area contributed by atoms with Crippen LogP contribution in [0.3, 0.4) is 0 Å². The Labute approximate surface area is 173 Å². The lowest BCUT2D eigenvalue weighted by molar-refractivity contribution is -0.172. The standard InChI is InChI=1S/C23H28N2O3S/c26-14-21-22(20-9-5-2-6-10-20)23(25(21)13-18-11-12-18)16-24(17-23)29(27,28)15-19-7-3-1-4-8-19/h1-10,18,21-22,26H,11-17H2/t21-,22-/m0/s1. The van der Waals surface area contributed by atoms with E-state index in [1.165, 1.54) is 18.4 Å². The van der Waals surface area contributed by atoms with Crippen LogP contribution in [0.1, 0.15) is 29.9 Å². The van der Waals surface area contributed by atoms with Crippen LogP contribution in [0, 0.1) is 5.92 Å². The summed E-state index contributed by atoms with van der Waals surface area (Å²) in [6.45, 7) is 2.13. The van der Waals surface area contributed by atoms with Gasteiger partial charge in [0.25, 0.3) is 0 Å². The zero-order valence-electron chi connectivity index (χ0n) is 16.5. The molecule has 2 aliphatic heterocycles.